The first-order valence-electron chi connectivity index (χ1n) is 9.79. The van der Waals surface area contributed by atoms with Gasteiger partial charge in [-0.1, -0.05) is 6.07 Å². The quantitative estimate of drug-likeness (QED) is 0.595. The minimum absolute atomic E-state index is 0.123. The van der Waals surface area contributed by atoms with Crippen LogP contribution in [0.15, 0.2) is 17.0 Å². The molecule has 6 nitrogen and oxygen atoms in total. The molecule has 1 saturated heterocycles. The molecule has 3 aliphatic rings. The summed E-state index contributed by atoms with van der Waals surface area (Å²) in [5.41, 5.74) is 5.50. The molecule has 146 valence electrons. The van der Waals surface area contributed by atoms with Crippen molar-refractivity contribution in [3.05, 3.63) is 39.3 Å². The van der Waals surface area contributed by atoms with Crippen LogP contribution in [0.5, 0.6) is 0 Å². The highest BCUT2D eigenvalue weighted by molar-refractivity contribution is 7.95. The number of nitrogens with two attached hydrogens (primary N) is 1. The van der Waals surface area contributed by atoms with Crippen molar-refractivity contribution in [2.75, 3.05) is 11.9 Å². The molecule has 7 heteroatoms. The lowest BCUT2D eigenvalue weighted by Gasteiger charge is -2.22. The van der Waals surface area contributed by atoms with E-state index in [1.807, 2.05) is 6.92 Å². The van der Waals surface area contributed by atoms with E-state index in [1.54, 1.807) is 6.08 Å². The summed E-state index contributed by atoms with van der Waals surface area (Å²) in [5, 5.41) is 12.0. The van der Waals surface area contributed by atoms with Crippen LogP contribution in [0.25, 0.3) is 0 Å². The smallest absolute Gasteiger partial charge is 0.266 e. The second-order valence-electron chi connectivity index (χ2n) is 8.25. The standard InChI is InChI=1S/C20H28N4O2S/c1-20(9-4-10-23-20)12-17(27(21,22)26)19(25)24-18-15-7-2-5-13(15)11-14-6-3-8-16(14)18/h11-12,23H,2-10H2,1H3,(H,24,25)(H3,21,22,26)/t20-/m1/s1. The van der Waals surface area contributed by atoms with Crippen LogP contribution in [0.4, 0.5) is 5.69 Å². The Bertz CT molecular complexity index is 896. The topological polar surface area (TPSA) is 108 Å². The first-order valence-corrected chi connectivity index (χ1v) is 11.4. The third kappa shape index (κ3) is 3.56. The molecule has 0 bridgehead atoms. The van der Waals surface area contributed by atoms with Crippen LogP contribution in [-0.4, -0.2) is 22.2 Å². The summed E-state index contributed by atoms with van der Waals surface area (Å²) in [5.74, 6) is -0.498. The van der Waals surface area contributed by atoms with Crippen LogP contribution in [0, 0.1) is 4.78 Å². The molecule has 1 heterocycles. The number of nitrogens with one attached hydrogen (secondary N) is 3. The maximum atomic E-state index is 13.1. The lowest BCUT2D eigenvalue weighted by molar-refractivity contribution is -0.112. The lowest BCUT2D eigenvalue weighted by Crippen LogP contribution is -2.37. The normalized spacial score (nSPS) is 26.5. The third-order valence-electron chi connectivity index (χ3n) is 6.11. The minimum Gasteiger partial charge on any atom is -0.321 e. The van der Waals surface area contributed by atoms with Crippen molar-refractivity contribution in [2.24, 2.45) is 5.14 Å². The van der Waals surface area contributed by atoms with Gasteiger partial charge >= 0.3 is 0 Å². The van der Waals surface area contributed by atoms with Crippen LogP contribution in [0.3, 0.4) is 0 Å². The molecule has 2 atom stereocenters. The highest BCUT2D eigenvalue weighted by Crippen LogP contribution is 2.39. The molecule has 1 aliphatic heterocycles. The molecule has 2 aliphatic carbocycles. The van der Waals surface area contributed by atoms with Crippen molar-refractivity contribution in [3.63, 3.8) is 0 Å². The molecule has 0 saturated carbocycles. The van der Waals surface area contributed by atoms with Gasteiger partial charge in [-0.3, -0.25) is 4.79 Å². The SMILES string of the molecule is C[C@]1(C=C(C(=O)Nc2c3c(cc4c2CCC4)CCC3)S(=N)(N)=O)CCCN1. The van der Waals surface area contributed by atoms with Crippen molar-refractivity contribution < 1.29 is 9.00 Å². The summed E-state index contributed by atoms with van der Waals surface area (Å²) in [6, 6.07) is 2.30. The number of benzene rings is 1. The van der Waals surface area contributed by atoms with Crippen molar-refractivity contribution in [1.82, 2.24) is 5.32 Å². The fourth-order valence-corrected chi connectivity index (χ4v) is 5.53. The van der Waals surface area contributed by atoms with Crippen molar-refractivity contribution in [2.45, 2.75) is 63.8 Å². The highest BCUT2D eigenvalue weighted by Gasteiger charge is 2.31. The summed E-state index contributed by atoms with van der Waals surface area (Å²) in [4.78, 5) is 13.0. The number of aryl methyl sites for hydroxylation is 2. The minimum atomic E-state index is -3.63. The Hall–Kier alpha value is -1.70. The number of amides is 1. The van der Waals surface area contributed by atoms with Gasteiger partial charge in [-0.25, -0.2) is 14.1 Å². The van der Waals surface area contributed by atoms with Crippen molar-refractivity contribution >= 4 is 21.5 Å². The predicted molar refractivity (Wildman–Crippen MR) is 108 cm³/mol. The van der Waals surface area contributed by atoms with Gasteiger partial charge in [0.15, 0.2) is 0 Å². The Labute approximate surface area is 161 Å². The van der Waals surface area contributed by atoms with Crippen LogP contribution >= 0.6 is 0 Å². The van der Waals surface area contributed by atoms with Crippen LogP contribution in [0.2, 0.25) is 0 Å². The molecule has 1 unspecified atom stereocenters. The fraction of sp³-hybridized carbons (Fsp3) is 0.550. The molecule has 0 aromatic heterocycles. The van der Waals surface area contributed by atoms with E-state index >= 15 is 0 Å². The number of carbonyl (C=O) groups is 1. The van der Waals surface area contributed by atoms with Gasteiger partial charge in [-0.2, -0.15) is 0 Å². The van der Waals surface area contributed by atoms with E-state index in [9.17, 15) is 9.00 Å². The Balaban J connectivity index is 1.72. The zero-order chi connectivity index (χ0) is 19.2. The molecule has 5 N–H and O–H groups in total. The number of anilines is 1. The molecule has 1 aromatic carbocycles. The molecule has 0 radical (unpaired) electrons. The van der Waals surface area contributed by atoms with E-state index in [-0.39, 0.29) is 4.91 Å². The monoisotopic (exact) mass is 388 g/mol. The highest BCUT2D eigenvalue weighted by atomic mass is 32.2. The summed E-state index contributed by atoms with van der Waals surface area (Å²) in [6.45, 7) is 2.79. The summed E-state index contributed by atoms with van der Waals surface area (Å²) >= 11 is 0. The zero-order valence-electron chi connectivity index (χ0n) is 15.8. The molecular weight excluding hydrogens is 360 g/mol. The number of hydrogen-bond donors (Lipinski definition) is 4. The lowest BCUT2D eigenvalue weighted by atomic mass is 9.98. The van der Waals surface area contributed by atoms with Crippen LogP contribution in [0.1, 0.15) is 54.9 Å². The molecular formula is C20H28N4O2S. The first-order chi connectivity index (χ1) is 12.8. The van der Waals surface area contributed by atoms with E-state index in [1.165, 1.54) is 22.3 Å². The average Bonchev–Trinajstić information content (AvgIpc) is 3.31. The summed E-state index contributed by atoms with van der Waals surface area (Å²) in [6.07, 6.45) is 9.61. The Kier molecular flexibility index (Phi) is 4.64. The Morgan fingerprint density at radius 1 is 1.22 bits per heavy atom. The number of rotatable bonds is 4. The average molecular weight is 389 g/mol. The van der Waals surface area contributed by atoms with Crippen molar-refractivity contribution in [3.8, 4) is 0 Å². The molecule has 1 aromatic rings. The van der Waals surface area contributed by atoms with Crippen molar-refractivity contribution in [1.29, 1.82) is 4.78 Å². The maximum Gasteiger partial charge on any atom is 0.266 e. The van der Waals surface area contributed by atoms with Gasteiger partial charge in [0, 0.05) is 11.2 Å². The van der Waals surface area contributed by atoms with E-state index < -0.39 is 21.4 Å². The second kappa shape index (κ2) is 6.72. The molecule has 27 heavy (non-hydrogen) atoms. The van der Waals surface area contributed by atoms with Gasteiger partial charge in [0.05, 0.1) is 0 Å². The van der Waals surface area contributed by atoms with Crippen LogP contribution < -0.4 is 15.8 Å². The molecule has 1 amide bonds. The first kappa shape index (κ1) is 18.7. The van der Waals surface area contributed by atoms with Gasteiger partial charge in [0.2, 0.25) is 0 Å². The number of carbonyl (C=O) groups excluding carboxylic acids is 1. The van der Waals surface area contributed by atoms with Crippen LogP contribution in [-0.2, 0) is 40.4 Å². The number of fused-ring (bicyclic) bond motifs is 2. The van der Waals surface area contributed by atoms with E-state index in [4.69, 9.17) is 9.92 Å². The summed E-state index contributed by atoms with van der Waals surface area (Å²) in [7, 11) is -3.63. The van der Waals surface area contributed by atoms with Gasteiger partial charge in [-0.05, 0) is 93.2 Å². The molecule has 4 rings (SSSR count). The number of hydrogen-bond acceptors (Lipinski definition) is 4. The van der Waals surface area contributed by atoms with E-state index in [0.29, 0.717) is 0 Å². The Morgan fingerprint density at radius 2 is 1.85 bits per heavy atom. The fourth-order valence-electron chi connectivity index (χ4n) is 4.76. The summed E-state index contributed by atoms with van der Waals surface area (Å²) < 4.78 is 20.3. The molecule has 1 fully saturated rings. The van der Waals surface area contributed by atoms with Gasteiger partial charge in [0.1, 0.15) is 14.8 Å². The second-order valence-corrected chi connectivity index (χ2v) is 9.89. The van der Waals surface area contributed by atoms with Gasteiger partial charge in [0.25, 0.3) is 5.91 Å². The maximum absolute atomic E-state index is 13.1. The van der Waals surface area contributed by atoms with Gasteiger partial charge in [-0.15, -0.1) is 0 Å². The molecule has 0 spiro atoms. The third-order valence-corrected chi connectivity index (χ3v) is 7.07. The largest absolute Gasteiger partial charge is 0.321 e. The van der Waals surface area contributed by atoms with Gasteiger partial charge < -0.3 is 10.6 Å². The van der Waals surface area contributed by atoms with E-state index in [0.717, 1.165) is 63.6 Å². The zero-order valence-corrected chi connectivity index (χ0v) is 16.6. The predicted octanol–water partition coefficient (Wildman–Crippen LogP) is 2.55. The van der Waals surface area contributed by atoms with E-state index in [2.05, 4.69) is 16.7 Å². The Morgan fingerprint density at radius 3 is 2.37 bits per heavy atom.